The van der Waals surface area contributed by atoms with Gasteiger partial charge in [-0.2, -0.15) is 10.2 Å². The number of carbonyl (C=O) groups is 5. The summed E-state index contributed by atoms with van der Waals surface area (Å²) in [7, 11) is 13.5. The third-order valence-electron chi connectivity index (χ3n) is 14.1. The summed E-state index contributed by atoms with van der Waals surface area (Å²) in [4.78, 5) is 66.3. The monoisotopic (exact) mass is 998 g/mol. The average Bonchev–Trinajstić information content (AvgIpc) is 4.22. The zero-order valence-electron chi connectivity index (χ0n) is 42.4. The highest BCUT2D eigenvalue weighted by Crippen LogP contribution is 2.43. The van der Waals surface area contributed by atoms with Gasteiger partial charge in [-0.3, -0.25) is 29.6 Å². The molecule has 22 nitrogen and oxygen atoms in total. The molecule has 2 aromatic carbocycles. The van der Waals surface area contributed by atoms with Crippen LogP contribution < -0.4 is 20.1 Å². The van der Waals surface area contributed by atoms with Crippen LogP contribution in [-0.4, -0.2) is 162 Å². The predicted octanol–water partition coefficient (Wildman–Crippen LogP) is 5.57. The van der Waals surface area contributed by atoms with Crippen molar-refractivity contribution in [2.75, 3.05) is 73.7 Å². The number of aromatic amines is 2. The lowest BCUT2D eigenvalue weighted by molar-refractivity contribution is -0.120. The van der Waals surface area contributed by atoms with E-state index in [1.165, 1.54) is 23.2 Å². The average molecular weight is 998 g/mol. The van der Waals surface area contributed by atoms with Crippen molar-refractivity contribution in [3.63, 3.8) is 0 Å². The molecule has 0 bridgehead atoms. The number of fused-ring (bicyclic) bond motifs is 2. The number of nitrogens with one attached hydrogen (secondary N) is 4. The fourth-order valence-electron chi connectivity index (χ4n) is 9.83. The molecule has 6 atom stereocenters. The van der Waals surface area contributed by atoms with Crippen molar-refractivity contribution < 1.29 is 53.1 Å². The Balaban J connectivity index is 0.000000212. The van der Waals surface area contributed by atoms with Crippen molar-refractivity contribution in [2.24, 2.45) is 16.8 Å². The Labute approximate surface area is 418 Å². The molecule has 8 rings (SSSR count). The minimum absolute atomic E-state index is 0.0981. The van der Waals surface area contributed by atoms with E-state index in [-0.39, 0.29) is 64.9 Å². The van der Waals surface area contributed by atoms with Gasteiger partial charge in [0.05, 0.1) is 31.2 Å². The summed E-state index contributed by atoms with van der Waals surface area (Å²) in [6.45, 7) is 2.53. The SMILES string of the molecule is CC/N=C/c1c(O)cc(OC)c2c1C[C@H](C(=O)Nc1cc([C@H]3CC[C@@H](OC(=O)N(C)N(C)C)C3)n[nH]1)C2.COc1cc(O)c(C=O)c2c1C[C@@H](C(=O)Nc1cc([C@H]3CC[C@@H](OC(=O)N(C)N(C)C)C3)n[nH]1)C2. The van der Waals surface area contributed by atoms with E-state index >= 15 is 0 Å². The highest BCUT2D eigenvalue weighted by Gasteiger charge is 2.37. The normalized spacial score (nSPS) is 20.9. The zero-order valence-corrected chi connectivity index (χ0v) is 42.4. The number of hydrogen-bond donors (Lipinski definition) is 6. The second kappa shape index (κ2) is 22.9. The summed E-state index contributed by atoms with van der Waals surface area (Å²) in [5.74, 6) is 1.23. The number of hydrogen-bond acceptors (Lipinski definition) is 16. The maximum Gasteiger partial charge on any atom is 0.424 e. The number of aliphatic imine (C=N–C) groups is 1. The molecule has 388 valence electrons. The van der Waals surface area contributed by atoms with Crippen molar-refractivity contribution in [1.82, 2.24) is 40.4 Å². The molecule has 0 spiro atoms. The Morgan fingerprint density at radius 3 is 1.49 bits per heavy atom. The number of benzene rings is 2. The first-order valence-corrected chi connectivity index (χ1v) is 24.2. The summed E-state index contributed by atoms with van der Waals surface area (Å²) in [5, 5.41) is 47.2. The van der Waals surface area contributed by atoms with Crippen LogP contribution >= 0.6 is 0 Å². The molecular weight excluding hydrogens is 931 g/mol. The van der Waals surface area contributed by atoms with Gasteiger partial charge in [-0.25, -0.2) is 29.6 Å². The highest BCUT2D eigenvalue weighted by atomic mass is 16.6. The summed E-state index contributed by atoms with van der Waals surface area (Å²) >= 11 is 0. The van der Waals surface area contributed by atoms with E-state index in [2.05, 4.69) is 36.0 Å². The Morgan fingerprint density at radius 2 is 1.08 bits per heavy atom. The van der Waals surface area contributed by atoms with Gasteiger partial charge in [0.1, 0.15) is 46.8 Å². The molecule has 2 heterocycles. The van der Waals surface area contributed by atoms with Crippen LogP contribution in [0.3, 0.4) is 0 Å². The lowest BCUT2D eigenvalue weighted by atomic mass is 10.0. The second-order valence-electron chi connectivity index (χ2n) is 19.1. The zero-order chi connectivity index (χ0) is 52.0. The van der Waals surface area contributed by atoms with E-state index in [0.29, 0.717) is 85.6 Å². The predicted molar refractivity (Wildman–Crippen MR) is 266 cm³/mol. The molecule has 0 unspecified atom stereocenters. The standard InChI is InChI=1S/C26H36N6O5.C24H31N5O6/c1-6-27-14-20-18-10-16(11-19(18)23(36-5)13-22(20)33)25(34)28-24-12-21(29-30-24)15-7-8-17(9-15)37-26(35)32(4)31(2)3;1-28(2)29(3)24(33)35-15-6-5-13(7-15)19-10-22(27-26-19)25-23(32)14-8-16-17(9-14)21(34-4)11-20(31)18(16)12-30/h12-17,33H,6-11H2,1-5H3,(H2,28,29,30,34);10-15,31H,5-9H2,1-4H3,(H2,25,26,27,32)/b27-14+;/t15-,16-,17+;13-,14-,15+/m00/s1. The first-order valence-electron chi connectivity index (χ1n) is 24.2. The number of anilines is 2. The summed E-state index contributed by atoms with van der Waals surface area (Å²) in [6.07, 6.45) is 7.45. The lowest BCUT2D eigenvalue weighted by Crippen LogP contribution is -2.40. The van der Waals surface area contributed by atoms with Crippen LogP contribution in [0, 0.1) is 11.8 Å². The summed E-state index contributed by atoms with van der Waals surface area (Å²) in [5.41, 5.74) is 5.73. The number of phenols is 2. The molecule has 72 heavy (non-hydrogen) atoms. The third-order valence-corrected chi connectivity index (χ3v) is 14.1. The molecule has 22 heteroatoms. The first-order chi connectivity index (χ1) is 34.4. The van der Waals surface area contributed by atoms with Gasteiger partial charge >= 0.3 is 12.2 Å². The van der Waals surface area contributed by atoms with Crippen molar-refractivity contribution >= 4 is 48.1 Å². The lowest BCUT2D eigenvalue weighted by Gasteiger charge is -2.25. The van der Waals surface area contributed by atoms with Crippen molar-refractivity contribution in [3.8, 4) is 23.0 Å². The first kappa shape index (κ1) is 52.6. The van der Waals surface area contributed by atoms with Crippen LogP contribution in [0.25, 0.3) is 0 Å². The van der Waals surface area contributed by atoms with E-state index in [1.54, 1.807) is 71.7 Å². The fourth-order valence-corrected chi connectivity index (χ4v) is 9.83. The number of aldehydes is 1. The van der Waals surface area contributed by atoms with Crippen LogP contribution in [0.15, 0.2) is 29.3 Å². The molecular formula is C50H67N11O11. The van der Waals surface area contributed by atoms with Gasteiger partial charge in [0, 0.05) is 109 Å². The van der Waals surface area contributed by atoms with Gasteiger partial charge in [-0.15, -0.1) is 0 Å². The van der Waals surface area contributed by atoms with Gasteiger partial charge < -0.3 is 39.8 Å². The van der Waals surface area contributed by atoms with Gasteiger partial charge in [0.25, 0.3) is 0 Å². The maximum absolute atomic E-state index is 13.2. The molecule has 0 aliphatic heterocycles. The molecule has 2 fully saturated rings. The Morgan fingerprint density at radius 1 is 0.667 bits per heavy atom. The number of amides is 4. The minimum Gasteiger partial charge on any atom is -0.507 e. The van der Waals surface area contributed by atoms with Crippen LogP contribution in [0.5, 0.6) is 23.0 Å². The van der Waals surface area contributed by atoms with Crippen LogP contribution in [0.4, 0.5) is 21.2 Å². The highest BCUT2D eigenvalue weighted by molar-refractivity contribution is 5.95. The summed E-state index contributed by atoms with van der Waals surface area (Å²) < 4.78 is 22.0. The smallest absolute Gasteiger partial charge is 0.424 e. The number of methoxy groups -OCH3 is 2. The number of aromatic hydroxyl groups is 2. The second-order valence-corrected chi connectivity index (χ2v) is 19.1. The van der Waals surface area contributed by atoms with E-state index < -0.39 is 12.0 Å². The fraction of sp³-hybridized carbons (Fsp3) is 0.520. The number of aromatic nitrogens is 4. The Hall–Kier alpha value is -7.20. The molecule has 4 aliphatic carbocycles. The van der Waals surface area contributed by atoms with E-state index in [4.69, 9.17) is 18.9 Å². The van der Waals surface area contributed by atoms with Crippen molar-refractivity contribution in [1.29, 1.82) is 0 Å². The van der Waals surface area contributed by atoms with Gasteiger partial charge in [-0.05, 0) is 93.4 Å². The largest absolute Gasteiger partial charge is 0.507 e. The molecule has 2 saturated carbocycles. The molecule has 2 aromatic heterocycles. The maximum atomic E-state index is 13.2. The number of phenolic OH excluding ortho intramolecular Hbond substituents is 2. The molecule has 0 radical (unpaired) electrons. The topological polar surface area (TPSA) is 269 Å². The quantitative estimate of drug-likeness (QED) is 0.0483. The van der Waals surface area contributed by atoms with E-state index in [1.807, 2.05) is 19.1 Å². The van der Waals surface area contributed by atoms with Crippen LogP contribution in [-0.2, 0) is 44.7 Å². The van der Waals surface area contributed by atoms with Crippen LogP contribution in [0.1, 0.15) is 107 Å². The number of hydrazine groups is 2. The Kier molecular flexibility index (Phi) is 16.7. The van der Waals surface area contributed by atoms with Crippen molar-refractivity contribution in [3.05, 3.63) is 69.0 Å². The van der Waals surface area contributed by atoms with E-state index in [0.717, 1.165) is 53.8 Å². The molecule has 0 saturated heterocycles. The molecule has 6 N–H and O–H groups in total. The van der Waals surface area contributed by atoms with Gasteiger partial charge in [0.15, 0.2) is 6.29 Å². The number of carbonyl (C=O) groups excluding carboxylic acids is 5. The molecule has 4 aliphatic rings. The van der Waals surface area contributed by atoms with E-state index in [9.17, 15) is 34.2 Å². The van der Waals surface area contributed by atoms with Gasteiger partial charge in [0.2, 0.25) is 11.8 Å². The van der Waals surface area contributed by atoms with Crippen LogP contribution in [0.2, 0.25) is 0 Å². The number of ether oxygens (including phenoxy) is 4. The van der Waals surface area contributed by atoms with Crippen molar-refractivity contribution in [2.45, 2.75) is 95.2 Å². The van der Waals surface area contributed by atoms with Gasteiger partial charge in [-0.1, -0.05) is 0 Å². The number of H-pyrrole nitrogens is 2. The number of rotatable bonds is 15. The molecule has 4 amide bonds. The number of nitrogens with zero attached hydrogens (tertiary/aromatic N) is 7. The third kappa shape index (κ3) is 11.8. The molecule has 4 aromatic rings. The summed E-state index contributed by atoms with van der Waals surface area (Å²) in [6, 6.07) is 6.66. The minimum atomic E-state index is -0.407. The Bertz CT molecular complexity index is 2660.